The molecule has 0 radical (unpaired) electrons. The fourth-order valence-corrected chi connectivity index (χ4v) is 3.91. The topological polar surface area (TPSA) is 143 Å². The number of aliphatic hydroxyl groups excluding tert-OH is 1. The van der Waals surface area contributed by atoms with Crippen molar-refractivity contribution in [3.8, 4) is 0 Å². The Bertz CT molecular complexity index is 1470. The monoisotopic (exact) mass is 444 g/mol. The fourth-order valence-electron chi connectivity index (χ4n) is 3.91. The summed E-state index contributed by atoms with van der Waals surface area (Å²) >= 11 is 0. The first-order chi connectivity index (χ1) is 15.8. The number of rotatable bonds is 4. The number of imidazole rings is 1. The number of fused-ring (bicyclic) bond motifs is 1. The molecule has 2 aromatic carbocycles. The summed E-state index contributed by atoms with van der Waals surface area (Å²) in [6.45, 7) is 1.91. The van der Waals surface area contributed by atoms with E-state index in [0.717, 1.165) is 16.5 Å². The number of nitrogens with zero attached hydrogens (tertiary/aromatic N) is 3. The lowest BCUT2D eigenvalue weighted by atomic mass is 9.99. The van der Waals surface area contributed by atoms with Crippen molar-refractivity contribution in [1.82, 2.24) is 9.97 Å². The van der Waals surface area contributed by atoms with E-state index in [1.165, 1.54) is 24.5 Å². The molecule has 0 saturated carbocycles. The number of benzene rings is 2. The number of carbonyl (C=O) groups excluding carboxylic acids is 2. The zero-order valence-corrected chi connectivity index (χ0v) is 17.2. The van der Waals surface area contributed by atoms with Gasteiger partial charge in [-0.3, -0.25) is 24.6 Å². The Balaban J connectivity index is 1.71. The van der Waals surface area contributed by atoms with Gasteiger partial charge in [0.05, 0.1) is 27.8 Å². The number of hydrogen-bond acceptors (Lipinski definition) is 7. The van der Waals surface area contributed by atoms with Crippen LogP contribution in [0.25, 0.3) is 16.8 Å². The molecule has 1 fully saturated rings. The zero-order valence-electron chi connectivity index (χ0n) is 17.2. The van der Waals surface area contributed by atoms with Crippen LogP contribution < -0.4 is 4.90 Å². The van der Waals surface area contributed by atoms with Gasteiger partial charge in [-0.1, -0.05) is 18.2 Å². The van der Waals surface area contributed by atoms with Crippen LogP contribution in [-0.4, -0.2) is 31.7 Å². The minimum Gasteiger partial charge on any atom is -0.507 e. The minimum absolute atomic E-state index is 0.0268. The van der Waals surface area contributed by atoms with E-state index < -0.39 is 28.4 Å². The molecule has 1 aliphatic rings. The molecule has 4 aromatic rings. The number of nitro benzene ring substituents is 1. The van der Waals surface area contributed by atoms with E-state index in [2.05, 4.69) is 9.97 Å². The van der Waals surface area contributed by atoms with Crippen LogP contribution >= 0.6 is 0 Å². The zero-order chi connectivity index (χ0) is 23.3. The lowest BCUT2D eigenvalue weighted by molar-refractivity contribution is -0.384. The number of aryl methyl sites for hydroxylation is 1. The average molecular weight is 444 g/mol. The molecular weight excluding hydrogens is 428 g/mol. The van der Waals surface area contributed by atoms with Crippen LogP contribution in [0.4, 0.5) is 11.6 Å². The van der Waals surface area contributed by atoms with Crippen LogP contribution in [0.2, 0.25) is 0 Å². The first kappa shape index (κ1) is 20.2. The summed E-state index contributed by atoms with van der Waals surface area (Å²) in [5, 5.41) is 22.2. The maximum atomic E-state index is 13.1. The van der Waals surface area contributed by atoms with Crippen molar-refractivity contribution in [2.24, 2.45) is 0 Å². The number of anilines is 1. The number of amides is 1. The van der Waals surface area contributed by atoms with Crippen molar-refractivity contribution in [1.29, 1.82) is 0 Å². The van der Waals surface area contributed by atoms with E-state index in [1.54, 1.807) is 18.2 Å². The minimum atomic E-state index is -1.12. The van der Waals surface area contributed by atoms with Crippen LogP contribution in [-0.2, 0) is 9.59 Å². The molecular formula is C23H16N4O6. The SMILES string of the molecule is Cc1ccc2nc(N3C(=O)C(=O)/C(=C(/O)c4cccc([N+](=O)[O-])c4)C3c3ccco3)[nH]c2c1. The van der Waals surface area contributed by atoms with Gasteiger partial charge in [0.1, 0.15) is 17.6 Å². The molecule has 5 rings (SSSR count). The van der Waals surface area contributed by atoms with E-state index in [9.17, 15) is 24.8 Å². The van der Waals surface area contributed by atoms with Gasteiger partial charge in [-0.25, -0.2) is 4.98 Å². The van der Waals surface area contributed by atoms with Gasteiger partial charge < -0.3 is 14.5 Å². The molecule has 3 heterocycles. The molecule has 10 heteroatoms. The van der Waals surface area contributed by atoms with E-state index in [0.29, 0.717) is 11.0 Å². The van der Waals surface area contributed by atoms with Crippen LogP contribution in [0.1, 0.15) is 22.9 Å². The Labute approximate surface area is 185 Å². The van der Waals surface area contributed by atoms with Crippen molar-refractivity contribution < 1.29 is 24.0 Å². The molecule has 0 bridgehead atoms. The van der Waals surface area contributed by atoms with Crippen molar-refractivity contribution in [2.75, 3.05) is 4.90 Å². The first-order valence-corrected chi connectivity index (χ1v) is 9.91. The van der Waals surface area contributed by atoms with E-state index in [1.807, 2.05) is 19.1 Å². The van der Waals surface area contributed by atoms with Gasteiger partial charge >= 0.3 is 5.91 Å². The van der Waals surface area contributed by atoms with Gasteiger partial charge in [0.15, 0.2) is 0 Å². The smallest absolute Gasteiger partial charge is 0.302 e. The van der Waals surface area contributed by atoms with Crippen LogP contribution in [0.15, 0.2) is 70.9 Å². The lowest BCUT2D eigenvalue weighted by Crippen LogP contribution is -2.30. The highest BCUT2D eigenvalue weighted by Gasteiger charge is 2.49. The Morgan fingerprint density at radius 2 is 2.00 bits per heavy atom. The highest BCUT2D eigenvalue weighted by Crippen LogP contribution is 2.42. The van der Waals surface area contributed by atoms with Gasteiger partial charge in [0, 0.05) is 17.7 Å². The number of H-pyrrole nitrogens is 1. The number of aliphatic hydroxyl groups is 1. The summed E-state index contributed by atoms with van der Waals surface area (Å²) in [4.78, 5) is 45.3. The van der Waals surface area contributed by atoms with Crippen LogP contribution in [0, 0.1) is 17.0 Å². The largest absolute Gasteiger partial charge is 0.507 e. The number of Topliss-reactive ketones (excluding diaryl/α,β-unsaturated/α-hetero) is 1. The van der Waals surface area contributed by atoms with Crippen molar-refractivity contribution in [2.45, 2.75) is 13.0 Å². The molecule has 33 heavy (non-hydrogen) atoms. The molecule has 1 atom stereocenters. The third kappa shape index (κ3) is 3.24. The summed E-state index contributed by atoms with van der Waals surface area (Å²) < 4.78 is 5.50. The average Bonchev–Trinajstić information content (AvgIpc) is 3.52. The molecule has 1 unspecified atom stereocenters. The summed E-state index contributed by atoms with van der Waals surface area (Å²) in [6, 6.07) is 12.7. The molecule has 2 aromatic heterocycles. The summed E-state index contributed by atoms with van der Waals surface area (Å²) in [5.74, 6) is -2.10. The second kappa shape index (κ2) is 7.45. The van der Waals surface area contributed by atoms with E-state index in [-0.39, 0.29) is 28.5 Å². The van der Waals surface area contributed by atoms with Gasteiger partial charge in [-0.15, -0.1) is 0 Å². The standard InChI is InChI=1S/C23H16N4O6/c1-12-7-8-15-16(10-12)25-23(24-15)26-19(17-6-3-9-33-17)18(21(29)22(26)30)20(28)13-4-2-5-14(11-13)27(31)32/h2-11,19,28H,1H3,(H,24,25)/b20-18+. The number of ketones is 1. The predicted molar refractivity (Wildman–Crippen MR) is 117 cm³/mol. The fraction of sp³-hybridized carbons (Fsp3) is 0.0870. The molecule has 1 amide bonds. The number of furan rings is 1. The number of hydrogen-bond donors (Lipinski definition) is 2. The molecule has 0 spiro atoms. The number of nitrogens with one attached hydrogen (secondary N) is 1. The third-order valence-electron chi connectivity index (χ3n) is 5.44. The Hall–Kier alpha value is -4.73. The normalized spacial score (nSPS) is 17.7. The highest BCUT2D eigenvalue weighted by molar-refractivity contribution is 6.51. The van der Waals surface area contributed by atoms with Gasteiger partial charge in [0.2, 0.25) is 5.95 Å². The first-order valence-electron chi connectivity index (χ1n) is 9.91. The number of nitro groups is 1. The number of carbonyl (C=O) groups is 2. The lowest BCUT2D eigenvalue weighted by Gasteiger charge is -2.20. The maximum absolute atomic E-state index is 13.1. The van der Waals surface area contributed by atoms with E-state index >= 15 is 0 Å². The van der Waals surface area contributed by atoms with Crippen LogP contribution in [0.5, 0.6) is 0 Å². The number of aromatic nitrogens is 2. The molecule has 0 aliphatic carbocycles. The second-order valence-corrected chi connectivity index (χ2v) is 7.57. The van der Waals surface area contributed by atoms with Gasteiger partial charge in [-0.2, -0.15) is 0 Å². The van der Waals surface area contributed by atoms with E-state index in [4.69, 9.17) is 4.42 Å². The molecule has 2 N–H and O–H groups in total. The number of non-ortho nitro benzene ring substituents is 1. The van der Waals surface area contributed by atoms with Crippen molar-refractivity contribution >= 4 is 40.1 Å². The second-order valence-electron chi connectivity index (χ2n) is 7.57. The van der Waals surface area contributed by atoms with Crippen molar-refractivity contribution in [3.05, 3.63) is 93.4 Å². The van der Waals surface area contributed by atoms with Gasteiger partial charge in [0.25, 0.3) is 11.5 Å². The summed E-state index contributed by atoms with van der Waals surface area (Å²) in [5.41, 5.74) is 1.74. The summed E-state index contributed by atoms with van der Waals surface area (Å²) in [6.07, 6.45) is 1.38. The molecule has 1 aliphatic heterocycles. The third-order valence-corrected chi connectivity index (χ3v) is 5.44. The molecule has 10 nitrogen and oxygen atoms in total. The summed E-state index contributed by atoms with van der Waals surface area (Å²) in [7, 11) is 0. The quantitative estimate of drug-likeness (QED) is 0.159. The number of aromatic amines is 1. The van der Waals surface area contributed by atoms with Gasteiger partial charge in [-0.05, 0) is 36.8 Å². The maximum Gasteiger partial charge on any atom is 0.302 e. The Kier molecular flexibility index (Phi) is 4.56. The predicted octanol–water partition coefficient (Wildman–Crippen LogP) is 4.00. The highest BCUT2D eigenvalue weighted by atomic mass is 16.6. The molecule has 1 saturated heterocycles. The van der Waals surface area contributed by atoms with Crippen LogP contribution in [0.3, 0.4) is 0 Å². The Morgan fingerprint density at radius 3 is 2.73 bits per heavy atom. The Morgan fingerprint density at radius 1 is 1.18 bits per heavy atom. The molecule has 164 valence electrons. The van der Waals surface area contributed by atoms with Crippen molar-refractivity contribution in [3.63, 3.8) is 0 Å².